The van der Waals surface area contributed by atoms with Gasteiger partial charge in [-0.05, 0) is 69.0 Å². The first kappa shape index (κ1) is 23.4. The number of piperidine rings is 1. The van der Waals surface area contributed by atoms with Gasteiger partial charge in [0.15, 0.2) is 11.6 Å². The van der Waals surface area contributed by atoms with Gasteiger partial charge in [-0.1, -0.05) is 0 Å². The first-order valence-electron chi connectivity index (χ1n) is 10.9. The van der Waals surface area contributed by atoms with Gasteiger partial charge in [-0.15, -0.1) is 0 Å². The van der Waals surface area contributed by atoms with E-state index in [1.807, 2.05) is 4.90 Å². The molecule has 3 heterocycles. The lowest BCUT2D eigenvalue weighted by Crippen LogP contribution is -2.41. The summed E-state index contributed by atoms with van der Waals surface area (Å²) in [7, 11) is -4.26. The second-order valence-electron chi connectivity index (χ2n) is 8.54. The number of aromatic carboxylic acids is 1. The predicted molar refractivity (Wildman–Crippen MR) is 119 cm³/mol. The van der Waals surface area contributed by atoms with Crippen molar-refractivity contribution in [3.8, 4) is 0 Å². The minimum atomic E-state index is -4.26. The number of nitrogens with one attached hydrogen (secondary N) is 1. The summed E-state index contributed by atoms with van der Waals surface area (Å²) in [6.07, 6.45) is 5.65. The minimum absolute atomic E-state index is 0.0773. The van der Waals surface area contributed by atoms with Gasteiger partial charge >= 0.3 is 5.97 Å². The van der Waals surface area contributed by atoms with Crippen LogP contribution in [-0.2, 0) is 10.0 Å². The predicted octanol–water partition coefficient (Wildman–Crippen LogP) is 3.17. The summed E-state index contributed by atoms with van der Waals surface area (Å²) in [4.78, 5) is 20.1. The summed E-state index contributed by atoms with van der Waals surface area (Å²) >= 11 is 0. The van der Waals surface area contributed by atoms with Gasteiger partial charge in [-0.3, -0.25) is 4.72 Å². The molecule has 2 N–H and O–H groups in total. The molecule has 1 unspecified atom stereocenters. The lowest BCUT2D eigenvalue weighted by Gasteiger charge is -2.36. The van der Waals surface area contributed by atoms with Crippen molar-refractivity contribution in [1.29, 1.82) is 0 Å². The minimum Gasteiger partial charge on any atom is -0.478 e. The molecule has 2 aliphatic heterocycles. The number of hydrogen-bond acceptors (Lipinski definition) is 6. The molecule has 2 aromatic rings. The van der Waals surface area contributed by atoms with Gasteiger partial charge in [0, 0.05) is 19.6 Å². The van der Waals surface area contributed by atoms with Crippen LogP contribution in [0.1, 0.15) is 36.0 Å². The van der Waals surface area contributed by atoms with Crippen molar-refractivity contribution in [2.24, 2.45) is 5.92 Å². The number of carboxylic acid groups (broad SMARTS) is 1. The van der Waals surface area contributed by atoms with Crippen LogP contribution in [0.15, 0.2) is 35.4 Å². The Morgan fingerprint density at radius 3 is 2.58 bits per heavy atom. The van der Waals surface area contributed by atoms with E-state index in [9.17, 15) is 27.1 Å². The van der Waals surface area contributed by atoms with Crippen LogP contribution in [-0.4, -0.2) is 62.1 Å². The van der Waals surface area contributed by atoms with Crippen LogP contribution in [0.4, 0.5) is 20.3 Å². The van der Waals surface area contributed by atoms with Crippen molar-refractivity contribution < 1.29 is 27.1 Å². The van der Waals surface area contributed by atoms with Crippen molar-refractivity contribution in [2.45, 2.75) is 30.6 Å². The number of carbonyl (C=O) groups is 1. The molecule has 0 saturated carbocycles. The molecule has 1 aromatic heterocycles. The van der Waals surface area contributed by atoms with E-state index in [2.05, 4.69) is 14.6 Å². The summed E-state index contributed by atoms with van der Waals surface area (Å²) in [6, 6.07) is 3.40. The van der Waals surface area contributed by atoms with Gasteiger partial charge in [0.05, 0.1) is 16.8 Å². The summed E-state index contributed by atoms with van der Waals surface area (Å²) in [5.74, 6) is -2.99. The SMILES string of the molecule is O=C(O)c1cc(NS(=O)(=O)c2ccc(F)c(F)c2)cnc1N1CCCC(CN2CCCC2)C1. The van der Waals surface area contributed by atoms with Crippen LogP contribution in [0, 0.1) is 17.6 Å². The summed E-state index contributed by atoms with van der Waals surface area (Å²) in [5.41, 5.74) is -0.200. The smallest absolute Gasteiger partial charge is 0.339 e. The maximum Gasteiger partial charge on any atom is 0.339 e. The highest BCUT2D eigenvalue weighted by atomic mass is 32.2. The van der Waals surface area contributed by atoms with Crippen LogP contribution in [0.3, 0.4) is 0 Å². The van der Waals surface area contributed by atoms with Gasteiger partial charge in [0.25, 0.3) is 10.0 Å². The molecule has 33 heavy (non-hydrogen) atoms. The monoisotopic (exact) mass is 480 g/mol. The van der Waals surface area contributed by atoms with E-state index in [1.165, 1.54) is 25.1 Å². The highest BCUT2D eigenvalue weighted by Gasteiger charge is 2.27. The van der Waals surface area contributed by atoms with Crippen molar-refractivity contribution in [1.82, 2.24) is 9.88 Å². The van der Waals surface area contributed by atoms with Gasteiger partial charge in [0.1, 0.15) is 11.4 Å². The number of rotatable bonds is 7. The Morgan fingerprint density at radius 2 is 1.88 bits per heavy atom. The van der Waals surface area contributed by atoms with E-state index in [0.717, 1.165) is 38.5 Å². The van der Waals surface area contributed by atoms with Crippen LogP contribution < -0.4 is 9.62 Å². The molecular weight excluding hydrogens is 454 g/mol. The third kappa shape index (κ3) is 5.41. The third-order valence-corrected chi connectivity index (χ3v) is 7.46. The number of aromatic nitrogens is 1. The van der Waals surface area contributed by atoms with E-state index in [1.54, 1.807) is 0 Å². The number of nitrogens with zero attached hydrogens (tertiary/aromatic N) is 3. The zero-order chi connectivity index (χ0) is 23.6. The van der Waals surface area contributed by atoms with E-state index in [0.29, 0.717) is 37.0 Å². The summed E-state index contributed by atoms with van der Waals surface area (Å²) in [5, 5.41) is 9.76. The molecule has 0 amide bonds. The molecular formula is C22H26F2N4O4S. The number of carboxylic acids is 1. The second-order valence-corrected chi connectivity index (χ2v) is 10.2. The number of sulfonamides is 1. The quantitative estimate of drug-likeness (QED) is 0.628. The standard InChI is InChI=1S/C22H26F2N4O4S/c23-19-6-5-17(11-20(19)24)33(31,32)26-16-10-18(22(29)30)21(25-12-16)28-9-3-4-15(14-28)13-27-7-1-2-8-27/h5-6,10-12,15,26H,1-4,7-9,13-14H2,(H,29,30). The maximum atomic E-state index is 13.5. The Kier molecular flexibility index (Phi) is 6.80. The van der Waals surface area contributed by atoms with Crippen LogP contribution in [0.5, 0.6) is 0 Å². The molecule has 0 aliphatic carbocycles. The molecule has 0 radical (unpaired) electrons. The topological polar surface area (TPSA) is 103 Å². The third-order valence-electron chi connectivity index (χ3n) is 6.08. The van der Waals surface area contributed by atoms with Gasteiger partial charge in [-0.2, -0.15) is 0 Å². The molecule has 2 aliphatic rings. The fourth-order valence-corrected chi connectivity index (χ4v) is 5.56. The number of anilines is 2. The van der Waals surface area contributed by atoms with E-state index < -0.39 is 32.5 Å². The molecule has 4 rings (SSSR count). The van der Waals surface area contributed by atoms with Crippen molar-refractivity contribution >= 4 is 27.5 Å². The van der Waals surface area contributed by atoms with Gasteiger partial charge < -0.3 is 14.9 Å². The lowest BCUT2D eigenvalue weighted by molar-refractivity contribution is 0.0697. The highest BCUT2D eigenvalue weighted by molar-refractivity contribution is 7.92. The molecule has 178 valence electrons. The average molecular weight is 481 g/mol. The van der Waals surface area contributed by atoms with Crippen LogP contribution in [0.25, 0.3) is 0 Å². The summed E-state index contributed by atoms with van der Waals surface area (Å²) in [6.45, 7) is 4.53. The zero-order valence-electron chi connectivity index (χ0n) is 18.0. The van der Waals surface area contributed by atoms with Gasteiger partial charge in [-0.25, -0.2) is 27.0 Å². The molecule has 11 heteroatoms. The number of likely N-dealkylation sites (tertiary alicyclic amines) is 1. The lowest BCUT2D eigenvalue weighted by atomic mass is 9.97. The number of halogens is 2. The molecule has 8 nitrogen and oxygen atoms in total. The Balaban J connectivity index is 1.53. The molecule has 2 fully saturated rings. The van der Waals surface area contributed by atoms with Gasteiger partial charge in [0.2, 0.25) is 0 Å². The number of pyridine rings is 1. The Labute approximate surface area is 191 Å². The fourth-order valence-electron chi connectivity index (χ4n) is 4.52. The van der Waals surface area contributed by atoms with E-state index in [-0.39, 0.29) is 11.3 Å². The Hall–Kier alpha value is -2.79. The largest absolute Gasteiger partial charge is 0.478 e. The van der Waals surface area contributed by atoms with Crippen molar-refractivity contribution in [3.63, 3.8) is 0 Å². The summed E-state index contributed by atoms with van der Waals surface area (Å²) < 4.78 is 53.9. The zero-order valence-corrected chi connectivity index (χ0v) is 18.8. The van der Waals surface area contributed by atoms with E-state index in [4.69, 9.17) is 0 Å². The molecule has 0 bridgehead atoms. The van der Waals surface area contributed by atoms with E-state index >= 15 is 0 Å². The molecule has 1 atom stereocenters. The van der Waals surface area contributed by atoms with Crippen molar-refractivity contribution in [2.75, 3.05) is 42.3 Å². The first-order valence-corrected chi connectivity index (χ1v) is 12.4. The number of hydrogen-bond donors (Lipinski definition) is 2. The Bertz CT molecular complexity index is 1140. The normalized spacial score (nSPS) is 19.6. The van der Waals surface area contributed by atoms with Crippen molar-refractivity contribution in [3.05, 3.63) is 47.7 Å². The maximum absolute atomic E-state index is 13.5. The molecule has 1 aromatic carbocycles. The van der Waals surface area contributed by atoms with Crippen LogP contribution in [0.2, 0.25) is 0 Å². The average Bonchev–Trinajstić information content (AvgIpc) is 3.28. The second kappa shape index (κ2) is 9.60. The van der Waals surface area contributed by atoms with Crippen LogP contribution >= 0.6 is 0 Å². The fraction of sp³-hybridized carbons (Fsp3) is 0.455. The highest BCUT2D eigenvalue weighted by Crippen LogP contribution is 2.28. The Morgan fingerprint density at radius 1 is 1.12 bits per heavy atom. The molecule has 0 spiro atoms. The molecule has 2 saturated heterocycles. The first-order chi connectivity index (χ1) is 15.7. The number of benzene rings is 1.